The summed E-state index contributed by atoms with van der Waals surface area (Å²) >= 11 is 0. The Morgan fingerprint density at radius 3 is 1.20 bits per heavy atom. The van der Waals surface area contributed by atoms with Crippen LogP contribution in [0, 0.1) is 0 Å². The van der Waals surface area contributed by atoms with Crippen molar-refractivity contribution in [2.75, 3.05) is 0 Å². The van der Waals surface area contributed by atoms with Crippen molar-refractivity contribution in [2.24, 2.45) is 0 Å². The maximum absolute atomic E-state index is 13.3. The van der Waals surface area contributed by atoms with Crippen LogP contribution in [0.3, 0.4) is 0 Å². The molecule has 0 saturated heterocycles. The maximum atomic E-state index is 13.3. The summed E-state index contributed by atoms with van der Waals surface area (Å²) in [7, 11) is 0. The molecule has 0 aliphatic heterocycles. The average molecular weight is 591 g/mol. The van der Waals surface area contributed by atoms with Gasteiger partial charge < -0.3 is 9.47 Å². The molecule has 3 heteroatoms. The summed E-state index contributed by atoms with van der Waals surface area (Å²) in [5.41, 5.74) is 6.68. The molecule has 0 bridgehead atoms. The number of rotatable bonds is 18. The highest BCUT2D eigenvalue weighted by molar-refractivity contribution is 6.09. The Labute approximate surface area is 265 Å². The van der Waals surface area contributed by atoms with Gasteiger partial charge in [-0.05, 0) is 134 Å². The van der Waals surface area contributed by atoms with Gasteiger partial charge in [0.05, 0.1) is 0 Å². The molecule has 0 heterocycles. The van der Waals surface area contributed by atoms with E-state index in [1.54, 1.807) is 0 Å². The first-order valence-corrected chi connectivity index (χ1v) is 16.9. The SMILES string of the molecule is CCCCc1cccc(Oc2ccc(C(=O)c3ccc(Oc4cccc(CCCC)c4CCCC)cc3)cc2)c1CCCC. The van der Waals surface area contributed by atoms with E-state index in [0.717, 1.165) is 74.4 Å². The minimum Gasteiger partial charge on any atom is -0.457 e. The first kappa shape index (κ1) is 33.1. The molecule has 4 aromatic carbocycles. The second-order valence-corrected chi connectivity index (χ2v) is 11.8. The van der Waals surface area contributed by atoms with Gasteiger partial charge in [-0.3, -0.25) is 4.79 Å². The Bertz CT molecular complexity index is 1340. The van der Waals surface area contributed by atoms with Crippen LogP contribution >= 0.6 is 0 Å². The molecule has 232 valence electrons. The summed E-state index contributed by atoms with van der Waals surface area (Å²) in [4.78, 5) is 13.3. The lowest BCUT2D eigenvalue weighted by molar-refractivity contribution is 0.103. The molecule has 0 radical (unpaired) electrons. The van der Waals surface area contributed by atoms with Crippen molar-refractivity contribution < 1.29 is 14.3 Å². The van der Waals surface area contributed by atoms with Crippen molar-refractivity contribution in [3.63, 3.8) is 0 Å². The van der Waals surface area contributed by atoms with Crippen molar-refractivity contribution >= 4 is 5.78 Å². The van der Waals surface area contributed by atoms with E-state index in [1.165, 1.54) is 47.9 Å². The fourth-order valence-electron chi connectivity index (χ4n) is 5.66. The van der Waals surface area contributed by atoms with Crippen molar-refractivity contribution in [3.8, 4) is 23.0 Å². The van der Waals surface area contributed by atoms with E-state index in [1.807, 2.05) is 48.5 Å². The Balaban J connectivity index is 1.45. The molecular weight excluding hydrogens is 540 g/mol. The van der Waals surface area contributed by atoms with Gasteiger partial charge in [-0.1, -0.05) is 77.6 Å². The predicted molar refractivity (Wildman–Crippen MR) is 184 cm³/mol. The lowest BCUT2D eigenvalue weighted by atomic mass is 9.97. The van der Waals surface area contributed by atoms with Gasteiger partial charge in [0.25, 0.3) is 0 Å². The summed E-state index contributed by atoms with van der Waals surface area (Å²) < 4.78 is 12.8. The molecular formula is C41H50O3. The van der Waals surface area contributed by atoms with Crippen molar-refractivity contribution in [3.05, 3.63) is 118 Å². The normalized spacial score (nSPS) is 11.0. The van der Waals surface area contributed by atoms with Gasteiger partial charge >= 0.3 is 0 Å². The Kier molecular flexibility index (Phi) is 13.1. The number of hydrogen-bond donors (Lipinski definition) is 0. The summed E-state index contributed by atoms with van der Waals surface area (Å²) in [6.07, 6.45) is 13.5. The number of ether oxygens (including phenoxy) is 2. The standard InChI is InChI=1S/C41H50O3/c1-5-9-15-31-17-13-21-39(37(31)19-11-7-3)43-35-27-23-33(24-28-35)41(42)34-25-29-36(30-26-34)44-40-22-14-18-32(16-10-6-2)38(40)20-12-8-4/h13-14,17-18,21-30H,5-12,15-16,19-20H2,1-4H3. The van der Waals surface area contributed by atoms with E-state index < -0.39 is 0 Å². The van der Waals surface area contributed by atoms with Crippen molar-refractivity contribution in [2.45, 2.75) is 105 Å². The fourth-order valence-corrected chi connectivity index (χ4v) is 5.66. The third-order valence-corrected chi connectivity index (χ3v) is 8.31. The third-order valence-electron chi connectivity index (χ3n) is 8.31. The molecule has 0 aliphatic carbocycles. The molecule has 0 unspecified atom stereocenters. The van der Waals surface area contributed by atoms with E-state index in [9.17, 15) is 4.79 Å². The Morgan fingerprint density at radius 2 is 0.841 bits per heavy atom. The fraction of sp³-hybridized carbons (Fsp3) is 0.390. The number of benzene rings is 4. The zero-order valence-electron chi connectivity index (χ0n) is 27.3. The highest BCUT2D eigenvalue weighted by Crippen LogP contribution is 2.32. The van der Waals surface area contributed by atoms with Crippen LogP contribution in [0.15, 0.2) is 84.9 Å². The number of unbranched alkanes of at least 4 members (excludes halogenated alkanes) is 4. The molecule has 0 aliphatic rings. The molecule has 3 nitrogen and oxygen atoms in total. The third kappa shape index (κ3) is 9.08. The van der Waals surface area contributed by atoms with E-state index in [2.05, 4.69) is 64.1 Å². The second-order valence-electron chi connectivity index (χ2n) is 11.8. The van der Waals surface area contributed by atoms with E-state index in [0.29, 0.717) is 11.1 Å². The first-order chi connectivity index (χ1) is 21.6. The summed E-state index contributed by atoms with van der Waals surface area (Å²) in [5.74, 6) is 3.33. The van der Waals surface area contributed by atoms with Crippen LogP contribution in [0.4, 0.5) is 0 Å². The van der Waals surface area contributed by atoms with Gasteiger partial charge in [-0.25, -0.2) is 0 Å². The molecule has 0 aromatic heterocycles. The number of hydrogen-bond acceptors (Lipinski definition) is 3. The largest absolute Gasteiger partial charge is 0.457 e. The summed E-state index contributed by atoms with van der Waals surface area (Å²) in [6.45, 7) is 8.91. The molecule has 0 amide bonds. The first-order valence-electron chi connectivity index (χ1n) is 16.9. The van der Waals surface area contributed by atoms with Crippen LogP contribution in [-0.2, 0) is 25.7 Å². The summed E-state index contributed by atoms with van der Waals surface area (Å²) in [6, 6.07) is 27.8. The number of carbonyl (C=O) groups excluding carboxylic acids is 1. The monoisotopic (exact) mass is 590 g/mol. The van der Waals surface area contributed by atoms with Crippen LogP contribution in [0.1, 0.15) is 117 Å². The zero-order chi connectivity index (χ0) is 31.1. The van der Waals surface area contributed by atoms with Gasteiger partial charge in [0.15, 0.2) is 5.78 Å². The summed E-state index contributed by atoms with van der Waals surface area (Å²) in [5, 5.41) is 0. The highest BCUT2D eigenvalue weighted by Gasteiger charge is 2.14. The molecule has 0 saturated carbocycles. The number of carbonyl (C=O) groups is 1. The molecule has 44 heavy (non-hydrogen) atoms. The van der Waals surface area contributed by atoms with Crippen LogP contribution in [0.2, 0.25) is 0 Å². The van der Waals surface area contributed by atoms with Crippen LogP contribution < -0.4 is 9.47 Å². The van der Waals surface area contributed by atoms with Crippen molar-refractivity contribution in [1.82, 2.24) is 0 Å². The molecule has 4 aromatic rings. The van der Waals surface area contributed by atoms with Gasteiger partial charge in [-0.2, -0.15) is 0 Å². The lowest BCUT2D eigenvalue weighted by Gasteiger charge is -2.16. The van der Waals surface area contributed by atoms with E-state index in [-0.39, 0.29) is 5.78 Å². The van der Waals surface area contributed by atoms with Crippen molar-refractivity contribution in [1.29, 1.82) is 0 Å². The van der Waals surface area contributed by atoms with Gasteiger partial charge in [0, 0.05) is 11.1 Å². The smallest absolute Gasteiger partial charge is 0.193 e. The Hall–Kier alpha value is -3.85. The molecule has 0 atom stereocenters. The van der Waals surface area contributed by atoms with Gasteiger partial charge in [0.1, 0.15) is 23.0 Å². The zero-order valence-corrected chi connectivity index (χ0v) is 27.3. The second kappa shape index (κ2) is 17.4. The van der Waals surface area contributed by atoms with E-state index in [4.69, 9.17) is 9.47 Å². The molecule has 4 rings (SSSR count). The quantitative estimate of drug-likeness (QED) is 0.108. The van der Waals surface area contributed by atoms with Crippen LogP contribution in [0.5, 0.6) is 23.0 Å². The van der Waals surface area contributed by atoms with Crippen LogP contribution in [-0.4, -0.2) is 5.78 Å². The van der Waals surface area contributed by atoms with Crippen LogP contribution in [0.25, 0.3) is 0 Å². The highest BCUT2D eigenvalue weighted by atomic mass is 16.5. The number of ketones is 1. The minimum absolute atomic E-state index is 0.0153. The van der Waals surface area contributed by atoms with E-state index >= 15 is 0 Å². The molecule has 0 spiro atoms. The lowest BCUT2D eigenvalue weighted by Crippen LogP contribution is -2.02. The molecule has 0 fully saturated rings. The van der Waals surface area contributed by atoms with Gasteiger partial charge in [0.2, 0.25) is 0 Å². The Morgan fingerprint density at radius 1 is 0.477 bits per heavy atom. The average Bonchev–Trinajstić information content (AvgIpc) is 3.06. The molecule has 0 N–H and O–H groups in total. The minimum atomic E-state index is -0.0153. The topological polar surface area (TPSA) is 35.5 Å². The maximum Gasteiger partial charge on any atom is 0.193 e. The van der Waals surface area contributed by atoms with Gasteiger partial charge in [-0.15, -0.1) is 0 Å². The number of aryl methyl sites for hydroxylation is 2. The predicted octanol–water partition coefficient (Wildman–Crippen LogP) is 11.9.